The van der Waals surface area contributed by atoms with Gasteiger partial charge in [-0.1, -0.05) is 24.3 Å². The second-order valence-electron chi connectivity index (χ2n) is 4.82. The molecular formula is C16H11N5O. The van der Waals surface area contributed by atoms with Gasteiger partial charge in [0.1, 0.15) is 17.4 Å². The predicted octanol–water partition coefficient (Wildman–Crippen LogP) is 2.16. The van der Waals surface area contributed by atoms with Crippen LogP contribution in [0.4, 0.5) is 0 Å². The first-order valence-electron chi connectivity index (χ1n) is 6.75. The molecule has 0 radical (unpaired) electrons. The Morgan fingerprint density at radius 2 is 2.09 bits per heavy atom. The van der Waals surface area contributed by atoms with E-state index in [1.54, 1.807) is 18.6 Å². The van der Waals surface area contributed by atoms with Crippen LogP contribution in [0.15, 0.2) is 65.0 Å². The maximum Gasteiger partial charge on any atom is 0.298 e. The molecule has 0 amide bonds. The number of benzene rings is 1. The summed E-state index contributed by atoms with van der Waals surface area (Å²) in [6.07, 6.45) is 6.35. The topological polar surface area (TPSA) is 75.9 Å². The SMILES string of the molecule is O=c1c2[nH]c3ccccc3c2ncn1/N=C/c1cccnc1. The van der Waals surface area contributed by atoms with Crippen LogP contribution in [0.5, 0.6) is 0 Å². The van der Waals surface area contributed by atoms with E-state index in [1.807, 2.05) is 36.4 Å². The lowest BCUT2D eigenvalue weighted by Gasteiger charge is -1.97. The third kappa shape index (κ3) is 1.98. The zero-order valence-electron chi connectivity index (χ0n) is 11.5. The van der Waals surface area contributed by atoms with Crippen molar-refractivity contribution in [3.63, 3.8) is 0 Å². The summed E-state index contributed by atoms with van der Waals surface area (Å²) < 4.78 is 1.21. The number of hydrogen-bond donors (Lipinski definition) is 1. The van der Waals surface area contributed by atoms with E-state index < -0.39 is 0 Å². The quantitative estimate of drug-likeness (QED) is 0.574. The van der Waals surface area contributed by atoms with Crippen molar-refractivity contribution in [1.82, 2.24) is 19.6 Å². The van der Waals surface area contributed by atoms with Crippen LogP contribution in [-0.4, -0.2) is 25.8 Å². The molecular weight excluding hydrogens is 278 g/mol. The van der Waals surface area contributed by atoms with Gasteiger partial charge in [0.25, 0.3) is 5.56 Å². The predicted molar refractivity (Wildman–Crippen MR) is 85.1 cm³/mol. The van der Waals surface area contributed by atoms with Gasteiger partial charge in [0.15, 0.2) is 0 Å². The Morgan fingerprint density at radius 3 is 2.95 bits per heavy atom. The first-order valence-corrected chi connectivity index (χ1v) is 6.75. The molecule has 6 heteroatoms. The number of para-hydroxylation sites is 1. The maximum atomic E-state index is 12.5. The molecule has 22 heavy (non-hydrogen) atoms. The fourth-order valence-electron chi connectivity index (χ4n) is 2.36. The van der Waals surface area contributed by atoms with Crippen LogP contribution in [0.1, 0.15) is 5.56 Å². The zero-order chi connectivity index (χ0) is 14.9. The summed E-state index contributed by atoms with van der Waals surface area (Å²) in [7, 11) is 0. The van der Waals surface area contributed by atoms with Crippen molar-refractivity contribution in [3.8, 4) is 0 Å². The Kier molecular flexibility index (Phi) is 2.79. The van der Waals surface area contributed by atoms with Crippen molar-refractivity contribution < 1.29 is 0 Å². The van der Waals surface area contributed by atoms with Crippen molar-refractivity contribution in [2.24, 2.45) is 5.10 Å². The van der Waals surface area contributed by atoms with Crippen LogP contribution in [0.25, 0.3) is 21.9 Å². The van der Waals surface area contributed by atoms with Crippen molar-refractivity contribution in [2.75, 3.05) is 0 Å². The molecule has 4 aromatic rings. The lowest BCUT2D eigenvalue weighted by molar-refractivity contribution is 0.815. The molecule has 0 aliphatic heterocycles. The highest BCUT2D eigenvalue weighted by Crippen LogP contribution is 2.20. The summed E-state index contributed by atoms with van der Waals surface area (Å²) in [5.41, 5.74) is 2.57. The lowest BCUT2D eigenvalue weighted by Crippen LogP contribution is -2.17. The van der Waals surface area contributed by atoms with Gasteiger partial charge in [0.05, 0.1) is 6.21 Å². The van der Waals surface area contributed by atoms with E-state index in [4.69, 9.17) is 0 Å². The number of rotatable bonds is 2. The number of aromatic amines is 1. The van der Waals surface area contributed by atoms with Gasteiger partial charge in [-0.2, -0.15) is 9.78 Å². The van der Waals surface area contributed by atoms with E-state index in [2.05, 4.69) is 20.1 Å². The molecule has 1 N–H and O–H groups in total. The molecule has 0 bridgehead atoms. The van der Waals surface area contributed by atoms with E-state index >= 15 is 0 Å². The normalized spacial score (nSPS) is 11.6. The minimum Gasteiger partial charge on any atom is -0.349 e. The molecule has 0 saturated heterocycles. The molecule has 0 unspecified atom stereocenters. The number of fused-ring (bicyclic) bond motifs is 3. The molecule has 0 fully saturated rings. The molecule has 1 aromatic carbocycles. The van der Waals surface area contributed by atoms with Gasteiger partial charge in [-0.3, -0.25) is 9.78 Å². The summed E-state index contributed by atoms with van der Waals surface area (Å²) in [5, 5.41) is 5.08. The molecule has 3 aromatic heterocycles. The van der Waals surface area contributed by atoms with Gasteiger partial charge < -0.3 is 4.98 Å². The molecule has 106 valence electrons. The number of H-pyrrole nitrogens is 1. The standard InChI is InChI=1S/C16H11N5O/c22-16-15-14(12-5-1-2-6-13(12)20-15)18-10-21(16)19-9-11-4-3-7-17-8-11/h1-10,20H/b19-9+. The molecule has 0 aliphatic rings. The zero-order valence-corrected chi connectivity index (χ0v) is 11.5. The van der Waals surface area contributed by atoms with E-state index in [0.29, 0.717) is 11.0 Å². The molecule has 0 aliphatic carbocycles. The monoisotopic (exact) mass is 289 g/mol. The van der Waals surface area contributed by atoms with Crippen LogP contribution < -0.4 is 5.56 Å². The van der Waals surface area contributed by atoms with Crippen molar-refractivity contribution in [3.05, 3.63) is 71.0 Å². The number of nitrogens with one attached hydrogen (secondary N) is 1. The number of pyridine rings is 1. The maximum absolute atomic E-state index is 12.5. The molecule has 0 atom stereocenters. The summed E-state index contributed by atoms with van der Waals surface area (Å²) in [6.45, 7) is 0. The van der Waals surface area contributed by atoms with Crippen LogP contribution in [0, 0.1) is 0 Å². The van der Waals surface area contributed by atoms with E-state index in [-0.39, 0.29) is 5.56 Å². The fraction of sp³-hybridized carbons (Fsp3) is 0. The summed E-state index contributed by atoms with van der Waals surface area (Å²) >= 11 is 0. The number of hydrogen-bond acceptors (Lipinski definition) is 4. The highest BCUT2D eigenvalue weighted by Gasteiger charge is 2.09. The van der Waals surface area contributed by atoms with Gasteiger partial charge in [0, 0.05) is 28.9 Å². The Bertz CT molecular complexity index is 1050. The van der Waals surface area contributed by atoms with Gasteiger partial charge in [-0.15, -0.1) is 0 Å². The van der Waals surface area contributed by atoms with Gasteiger partial charge >= 0.3 is 0 Å². The molecule has 0 spiro atoms. The Balaban J connectivity index is 1.86. The van der Waals surface area contributed by atoms with E-state index in [0.717, 1.165) is 16.5 Å². The number of nitrogens with zero attached hydrogens (tertiary/aromatic N) is 4. The Hall–Kier alpha value is -3.28. The smallest absolute Gasteiger partial charge is 0.298 e. The molecule has 0 saturated carbocycles. The van der Waals surface area contributed by atoms with Crippen molar-refractivity contribution in [2.45, 2.75) is 0 Å². The van der Waals surface area contributed by atoms with E-state index in [9.17, 15) is 4.79 Å². The fourth-order valence-corrected chi connectivity index (χ4v) is 2.36. The third-order valence-electron chi connectivity index (χ3n) is 3.41. The van der Waals surface area contributed by atoms with Crippen LogP contribution in [0.3, 0.4) is 0 Å². The molecule has 4 rings (SSSR count). The first-order chi connectivity index (χ1) is 10.8. The van der Waals surface area contributed by atoms with Gasteiger partial charge in [0.2, 0.25) is 0 Å². The Morgan fingerprint density at radius 1 is 1.18 bits per heavy atom. The summed E-state index contributed by atoms with van der Waals surface area (Å²) in [6, 6.07) is 11.4. The molecule has 3 heterocycles. The van der Waals surface area contributed by atoms with E-state index in [1.165, 1.54) is 11.0 Å². The highest BCUT2D eigenvalue weighted by molar-refractivity contribution is 6.04. The Labute approximate surface area is 124 Å². The number of aromatic nitrogens is 4. The average molecular weight is 289 g/mol. The second kappa shape index (κ2) is 4.92. The second-order valence-corrected chi connectivity index (χ2v) is 4.82. The minimum absolute atomic E-state index is 0.235. The van der Waals surface area contributed by atoms with Crippen LogP contribution >= 0.6 is 0 Å². The lowest BCUT2D eigenvalue weighted by atomic mass is 10.2. The van der Waals surface area contributed by atoms with Crippen molar-refractivity contribution >= 4 is 28.2 Å². The minimum atomic E-state index is -0.235. The third-order valence-corrected chi connectivity index (χ3v) is 3.41. The van der Waals surface area contributed by atoms with Gasteiger partial charge in [-0.05, 0) is 12.1 Å². The van der Waals surface area contributed by atoms with Crippen molar-refractivity contribution in [1.29, 1.82) is 0 Å². The van der Waals surface area contributed by atoms with Gasteiger partial charge in [-0.25, -0.2) is 4.98 Å². The summed E-state index contributed by atoms with van der Waals surface area (Å²) in [4.78, 5) is 23.9. The average Bonchev–Trinajstić information content (AvgIpc) is 2.95. The molecule has 6 nitrogen and oxygen atoms in total. The largest absolute Gasteiger partial charge is 0.349 e. The highest BCUT2D eigenvalue weighted by atomic mass is 16.1. The van der Waals surface area contributed by atoms with Crippen LogP contribution in [-0.2, 0) is 0 Å². The van der Waals surface area contributed by atoms with Crippen LogP contribution in [0.2, 0.25) is 0 Å². The summed E-state index contributed by atoms with van der Waals surface area (Å²) in [5.74, 6) is 0. The first kappa shape index (κ1) is 12.5.